The molecule has 0 atom stereocenters. The van der Waals surface area contributed by atoms with Gasteiger partial charge in [0, 0.05) is 0 Å². The monoisotopic (exact) mass is 208 g/mol. The molecule has 1 N–H and O–H groups in total. The molecule has 1 aromatic carbocycles. The smallest absolute Gasteiger partial charge is 0.454 e. The first-order chi connectivity index (χ1) is 6.34. The quantitative estimate of drug-likeness (QED) is 0.567. The summed E-state index contributed by atoms with van der Waals surface area (Å²) in [5.41, 5.74) is -1.18. The number of alkyl halides is 3. The number of phenols is 1. The Balaban J connectivity index is 3.21. The number of halogens is 4. The molecule has 0 aromatic heterocycles. The standard InChI is InChI=1S/C8H4F4O2/c9-6-4(2-1-3-5(6)13)7(14)8(10,11)12/h1-3,13H. The van der Waals surface area contributed by atoms with Gasteiger partial charge in [0.05, 0.1) is 5.56 Å². The van der Waals surface area contributed by atoms with Crippen LogP contribution in [0.4, 0.5) is 17.6 Å². The molecule has 0 fully saturated rings. The fourth-order valence-electron chi connectivity index (χ4n) is 0.848. The van der Waals surface area contributed by atoms with Crippen molar-refractivity contribution in [2.45, 2.75) is 6.18 Å². The SMILES string of the molecule is O=C(c1cccc(O)c1F)C(F)(F)F. The maximum Gasteiger partial charge on any atom is 0.454 e. The Morgan fingerprint density at radius 1 is 1.29 bits per heavy atom. The van der Waals surface area contributed by atoms with Crippen LogP contribution in [-0.4, -0.2) is 17.1 Å². The zero-order valence-electron chi connectivity index (χ0n) is 6.60. The van der Waals surface area contributed by atoms with E-state index in [1.807, 2.05) is 0 Å². The van der Waals surface area contributed by atoms with Gasteiger partial charge in [-0.15, -0.1) is 0 Å². The molecule has 1 aromatic rings. The average Bonchev–Trinajstić information content (AvgIpc) is 2.07. The number of hydrogen-bond acceptors (Lipinski definition) is 2. The Labute approximate surface area is 75.8 Å². The van der Waals surface area contributed by atoms with E-state index < -0.39 is 29.1 Å². The molecular formula is C8H4F4O2. The molecule has 0 unspecified atom stereocenters. The van der Waals surface area contributed by atoms with Gasteiger partial charge in [-0.3, -0.25) is 4.79 Å². The first-order valence-electron chi connectivity index (χ1n) is 3.43. The zero-order chi connectivity index (χ0) is 10.9. The van der Waals surface area contributed by atoms with Crippen LogP contribution in [0.3, 0.4) is 0 Å². The molecule has 0 saturated heterocycles. The zero-order valence-corrected chi connectivity index (χ0v) is 6.60. The van der Waals surface area contributed by atoms with E-state index in [2.05, 4.69) is 0 Å². The summed E-state index contributed by atoms with van der Waals surface area (Å²) in [6.07, 6.45) is -5.14. The Kier molecular flexibility index (Phi) is 2.46. The Morgan fingerprint density at radius 2 is 1.86 bits per heavy atom. The van der Waals surface area contributed by atoms with Gasteiger partial charge in [0.15, 0.2) is 11.6 Å². The van der Waals surface area contributed by atoms with Crippen LogP contribution < -0.4 is 0 Å². The van der Waals surface area contributed by atoms with Gasteiger partial charge in [0.1, 0.15) is 0 Å². The van der Waals surface area contributed by atoms with Crippen LogP contribution in [0.5, 0.6) is 5.75 Å². The molecule has 6 heteroatoms. The molecule has 0 bridgehead atoms. The van der Waals surface area contributed by atoms with E-state index in [1.54, 1.807) is 0 Å². The molecule has 0 amide bonds. The Bertz CT molecular complexity index is 370. The third-order valence-corrected chi connectivity index (χ3v) is 1.48. The van der Waals surface area contributed by atoms with Crippen molar-refractivity contribution in [2.75, 3.05) is 0 Å². The number of carbonyl (C=O) groups excluding carboxylic acids is 1. The molecule has 0 radical (unpaired) electrons. The maximum absolute atomic E-state index is 12.8. The lowest BCUT2D eigenvalue weighted by molar-refractivity contribution is -0.0887. The fraction of sp³-hybridized carbons (Fsp3) is 0.125. The Morgan fingerprint density at radius 3 is 2.36 bits per heavy atom. The van der Waals surface area contributed by atoms with Gasteiger partial charge in [-0.25, -0.2) is 4.39 Å². The van der Waals surface area contributed by atoms with E-state index in [1.165, 1.54) is 0 Å². The first kappa shape index (κ1) is 10.5. The highest BCUT2D eigenvalue weighted by molar-refractivity contribution is 6.00. The summed E-state index contributed by atoms with van der Waals surface area (Å²) in [4.78, 5) is 10.6. The summed E-state index contributed by atoms with van der Waals surface area (Å²) in [6, 6.07) is 2.46. The average molecular weight is 208 g/mol. The van der Waals surface area contributed by atoms with Gasteiger partial charge in [0.25, 0.3) is 5.78 Å². The van der Waals surface area contributed by atoms with Crippen molar-refractivity contribution in [1.29, 1.82) is 0 Å². The minimum Gasteiger partial charge on any atom is -0.505 e. The predicted octanol–water partition coefficient (Wildman–Crippen LogP) is 2.28. The van der Waals surface area contributed by atoms with Crippen molar-refractivity contribution in [2.24, 2.45) is 0 Å². The summed E-state index contributed by atoms with van der Waals surface area (Å²) in [6.45, 7) is 0. The van der Waals surface area contributed by atoms with Gasteiger partial charge in [-0.1, -0.05) is 6.07 Å². The van der Waals surface area contributed by atoms with Crippen LogP contribution in [0.15, 0.2) is 18.2 Å². The second kappa shape index (κ2) is 3.28. The number of benzene rings is 1. The number of carbonyl (C=O) groups is 1. The second-order valence-corrected chi connectivity index (χ2v) is 2.47. The number of rotatable bonds is 1. The van der Waals surface area contributed by atoms with Gasteiger partial charge < -0.3 is 5.11 Å². The highest BCUT2D eigenvalue weighted by atomic mass is 19.4. The molecule has 0 aliphatic heterocycles. The van der Waals surface area contributed by atoms with Crippen molar-refractivity contribution in [3.05, 3.63) is 29.6 Å². The number of aromatic hydroxyl groups is 1. The maximum atomic E-state index is 12.8. The number of Topliss-reactive ketones (excluding diaryl/α,β-unsaturated/α-hetero) is 1. The van der Waals surface area contributed by atoms with E-state index in [4.69, 9.17) is 5.11 Å². The molecular weight excluding hydrogens is 204 g/mol. The van der Waals surface area contributed by atoms with E-state index >= 15 is 0 Å². The fourth-order valence-corrected chi connectivity index (χ4v) is 0.848. The van der Waals surface area contributed by atoms with E-state index in [-0.39, 0.29) is 0 Å². The van der Waals surface area contributed by atoms with Crippen LogP contribution in [-0.2, 0) is 0 Å². The van der Waals surface area contributed by atoms with Crippen LogP contribution in [0.25, 0.3) is 0 Å². The van der Waals surface area contributed by atoms with Crippen molar-refractivity contribution < 1.29 is 27.5 Å². The summed E-state index contributed by atoms with van der Waals surface area (Å²) >= 11 is 0. The summed E-state index contributed by atoms with van der Waals surface area (Å²) in [5, 5.41) is 8.72. The van der Waals surface area contributed by atoms with E-state index in [0.717, 1.165) is 12.1 Å². The van der Waals surface area contributed by atoms with Crippen LogP contribution >= 0.6 is 0 Å². The van der Waals surface area contributed by atoms with Crippen LogP contribution in [0.2, 0.25) is 0 Å². The van der Waals surface area contributed by atoms with Gasteiger partial charge in [0.2, 0.25) is 0 Å². The predicted molar refractivity (Wildman–Crippen MR) is 38.5 cm³/mol. The van der Waals surface area contributed by atoms with Crippen molar-refractivity contribution in [3.63, 3.8) is 0 Å². The van der Waals surface area contributed by atoms with Crippen molar-refractivity contribution >= 4 is 5.78 Å². The molecule has 2 nitrogen and oxygen atoms in total. The summed E-state index contributed by atoms with van der Waals surface area (Å²) in [5.74, 6) is -4.86. The third kappa shape index (κ3) is 1.84. The molecule has 0 saturated carbocycles. The largest absolute Gasteiger partial charge is 0.505 e. The molecule has 0 aliphatic carbocycles. The van der Waals surface area contributed by atoms with Crippen LogP contribution in [0.1, 0.15) is 10.4 Å². The summed E-state index contributed by atoms with van der Waals surface area (Å²) in [7, 11) is 0. The van der Waals surface area contributed by atoms with Gasteiger partial charge in [-0.2, -0.15) is 13.2 Å². The number of phenolic OH excluding ortho intramolecular Hbond substituents is 1. The molecule has 0 spiro atoms. The normalized spacial score (nSPS) is 11.4. The molecule has 14 heavy (non-hydrogen) atoms. The lowest BCUT2D eigenvalue weighted by Gasteiger charge is -2.06. The third-order valence-electron chi connectivity index (χ3n) is 1.48. The highest BCUT2D eigenvalue weighted by Crippen LogP contribution is 2.26. The summed E-state index contributed by atoms with van der Waals surface area (Å²) < 4.78 is 48.4. The number of ketones is 1. The molecule has 76 valence electrons. The van der Waals surface area contributed by atoms with Crippen molar-refractivity contribution in [3.8, 4) is 5.75 Å². The van der Waals surface area contributed by atoms with Gasteiger partial charge >= 0.3 is 6.18 Å². The van der Waals surface area contributed by atoms with Crippen LogP contribution in [0, 0.1) is 5.82 Å². The topological polar surface area (TPSA) is 37.3 Å². The Hall–Kier alpha value is -1.59. The second-order valence-electron chi connectivity index (χ2n) is 2.47. The van der Waals surface area contributed by atoms with Crippen molar-refractivity contribution in [1.82, 2.24) is 0 Å². The van der Waals surface area contributed by atoms with E-state index in [9.17, 15) is 22.4 Å². The molecule has 0 heterocycles. The minimum absolute atomic E-state index is 0.658. The van der Waals surface area contributed by atoms with E-state index in [0.29, 0.717) is 6.07 Å². The lowest BCUT2D eigenvalue weighted by atomic mass is 10.1. The minimum atomic E-state index is -5.14. The first-order valence-corrected chi connectivity index (χ1v) is 3.43. The lowest BCUT2D eigenvalue weighted by Crippen LogP contribution is -2.23. The molecule has 0 aliphatic rings. The number of hydrogen-bond donors (Lipinski definition) is 1. The highest BCUT2D eigenvalue weighted by Gasteiger charge is 2.41. The molecule has 1 rings (SSSR count). The van der Waals surface area contributed by atoms with Gasteiger partial charge in [-0.05, 0) is 12.1 Å².